The van der Waals surface area contributed by atoms with Gasteiger partial charge >= 0.3 is 0 Å². The maximum Gasteiger partial charge on any atom is 0.161 e. The van der Waals surface area contributed by atoms with Crippen LogP contribution in [0.25, 0.3) is 0 Å². The summed E-state index contributed by atoms with van der Waals surface area (Å²) in [6, 6.07) is 6.59. The van der Waals surface area contributed by atoms with Crippen LogP contribution in [0.15, 0.2) is 24.3 Å². The average Bonchev–Trinajstić information content (AvgIpc) is 2.28. The van der Waals surface area contributed by atoms with Crippen molar-refractivity contribution < 1.29 is 20.1 Å². The Morgan fingerprint density at radius 1 is 1.31 bits per heavy atom. The lowest BCUT2D eigenvalue weighted by Crippen LogP contribution is -2.32. The molecule has 0 amide bonds. The molecule has 0 bridgehead atoms. The van der Waals surface area contributed by atoms with E-state index in [1.807, 2.05) is 0 Å². The molecule has 0 aliphatic rings. The lowest BCUT2D eigenvalue weighted by molar-refractivity contribution is 0.103. The average molecular weight is 227 g/mol. The molecule has 0 aliphatic carbocycles. The molecule has 1 aromatic rings. The maximum absolute atomic E-state index is 9.48. The van der Waals surface area contributed by atoms with Gasteiger partial charge in [0.1, 0.15) is 12.7 Å². The van der Waals surface area contributed by atoms with E-state index in [4.69, 9.17) is 9.84 Å². The molecule has 0 fully saturated rings. The van der Waals surface area contributed by atoms with Crippen LogP contribution in [0.2, 0.25) is 0 Å². The number of hydrogen-bond acceptors (Lipinski definition) is 5. The summed E-state index contributed by atoms with van der Waals surface area (Å²) in [5, 5.41) is 30.2. The number of hydrogen-bond donors (Lipinski definition) is 4. The molecule has 0 saturated heterocycles. The third kappa shape index (κ3) is 4.48. The van der Waals surface area contributed by atoms with Gasteiger partial charge in [-0.3, -0.25) is 0 Å². The van der Waals surface area contributed by atoms with Crippen LogP contribution in [0.1, 0.15) is 0 Å². The van der Waals surface area contributed by atoms with Crippen molar-refractivity contribution in [1.29, 1.82) is 0 Å². The molecule has 90 valence electrons. The SMILES string of the molecule is OCCNCC(O)COc1ccccc1O. The number of rotatable bonds is 7. The summed E-state index contributed by atoms with van der Waals surface area (Å²) in [4.78, 5) is 0. The summed E-state index contributed by atoms with van der Waals surface area (Å²) in [5.41, 5.74) is 0. The van der Waals surface area contributed by atoms with E-state index in [1.54, 1.807) is 18.2 Å². The minimum Gasteiger partial charge on any atom is -0.504 e. The van der Waals surface area contributed by atoms with Crippen molar-refractivity contribution in [2.75, 3.05) is 26.3 Å². The lowest BCUT2D eigenvalue weighted by Gasteiger charge is -2.13. The molecule has 1 unspecified atom stereocenters. The predicted molar refractivity (Wildman–Crippen MR) is 59.6 cm³/mol. The molecule has 5 heteroatoms. The minimum atomic E-state index is -0.675. The fourth-order valence-corrected chi connectivity index (χ4v) is 1.17. The molecule has 0 heterocycles. The van der Waals surface area contributed by atoms with Crippen molar-refractivity contribution in [3.8, 4) is 11.5 Å². The Bertz CT molecular complexity index is 306. The largest absolute Gasteiger partial charge is 0.504 e. The van der Waals surface area contributed by atoms with E-state index in [1.165, 1.54) is 6.07 Å². The number of ether oxygens (including phenoxy) is 1. The smallest absolute Gasteiger partial charge is 0.161 e. The van der Waals surface area contributed by atoms with Crippen molar-refractivity contribution in [2.45, 2.75) is 6.10 Å². The summed E-state index contributed by atoms with van der Waals surface area (Å²) in [6.45, 7) is 0.908. The molecule has 1 rings (SSSR count). The van der Waals surface area contributed by atoms with Gasteiger partial charge in [-0.05, 0) is 12.1 Å². The Kier molecular flexibility index (Phi) is 5.63. The summed E-state index contributed by atoms with van der Waals surface area (Å²) in [7, 11) is 0. The zero-order valence-corrected chi connectivity index (χ0v) is 8.97. The minimum absolute atomic E-state index is 0.0348. The fraction of sp³-hybridized carbons (Fsp3) is 0.455. The highest BCUT2D eigenvalue weighted by atomic mass is 16.5. The van der Waals surface area contributed by atoms with Gasteiger partial charge in [-0.15, -0.1) is 0 Å². The Hall–Kier alpha value is -1.30. The van der Waals surface area contributed by atoms with Gasteiger partial charge in [-0.25, -0.2) is 0 Å². The first kappa shape index (κ1) is 12.8. The molecular formula is C11H17NO4. The number of para-hydroxylation sites is 2. The van der Waals surface area contributed by atoms with Gasteiger partial charge in [0.05, 0.1) is 6.61 Å². The molecule has 1 atom stereocenters. The molecule has 0 aromatic heterocycles. The van der Waals surface area contributed by atoms with Crippen LogP contribution in [0.4, 0.5) is 0 Å². The van der Waals surface area contributed by atoms with Gasteiger partial charge in [-0.1, -0.05) is 12.1 Å². The van der Waals surface area contributed by atoms with E-state index in [0.717, 1.165) is 0 Å². The van der Waals surface area contributed by atoms with Crippen LogP contribution < -0.4 is 10.1 Å². The van der Waals surface area contributed by atoms with Crippen LogP contribution in [0, 0.1) is 0 Å². The third-order valence-electron chi connectivity index (χ3n) is 1.97. The van der Waals surface area contributed by atoms with Crippen molar-refractivity contribution in [1.82, 2.24) is 5.32 Å². The van der Waals surface area contributed by atoms with Crippen molar-refractivity contribution in [3.63, 3.8) is 0 Å². The van der Waals surface area contributed by atoms with E-state index in [9.17, 15) is 10.2 Å². The molecule has 0 saturated carbocycles. The summed E-state index contributed by atoms with van der Waals surface area (Å²) in [5.74, 6) is 0.404. The van der Waals surface area contributed by atoms with Crippen LogP contribution in [0.3, 0.4) is 0 Å². The maximum atomic E-state index is 9.48. The topological polar surface area (TPSA) is 82.0 Å². The van der Waals surface area contributed by atoms with Crippen LogP contribution in [-0.4, -0.2) is 47.7 Å². The van der Waals surface area contributed by atoms with Gasteiger partial charge in [-0.2, -0.15) is 0 Å². The van der Waals surface area contributed by atoms with Gasteiger partial charge < -0.3 is 25.4 Å². The number of aromatic hydroxyl groups is 1. The molecule has 0 radical (unpaired) electrons. The van der Waals surface area contributed by atoms with E-state index >= 15 is 0 Å². The quantitative estimate of drug-likeness (QED) is 0.481. The van der Waals surface area contributed by atoms with Crippen molar-refractivity contribution in [2.24, 2.45) is 0 Å². The summed E-state index contributed by atoms with van der Waals surface area (Å²) >= 11 is 0. The highest BCUT2D eigenvalue weighted by Crippen LogP contribution is 2.24. The van der Waals surface area contributed by atoms with Crippen LogP contribution >= 0.6 is 0 Å². The zero-order valence-electron chi connectivity index (χ0n) is 8.97. The molecule has 16 heavy (non-hydrogen) atoms. The second-order valence-electron chi connectivity index (χ2n) is 3.36. The third-order valence-corrected chi connectivity index (χ3v) is 1.97. The first-order valence-electron chi connectivity index (χ1n) is 5.14. The molecule has 4 N–H and O–H groups in total. The molecule has 1 aromatic carbocycles. The van der Waals surface area contributed by atoms with Gasteiger partial charge in [0, 0.05) is 13.1 Å². The Balaban J connectivity index is 2.26. The molecular weight excluding hydrogens is 210 g/mol. The lowest BCUT2D eigenvalue weighted by atomic mass is 10.3. The first-order valence-corrected chi connectivity index (χ1v) is 5.14. The number of aliphatic hydroxyl groups excluding tert-OH is 2. The van der Waals surface area contributed by atoms with E-state index in [-0.39, 0.29) is 19.0 Å². The van der Waals surface area contributed by atoms with E-state index < -0.39 is 6.10 Å². The van der Waals surface area contributed by atoms with Gasteiger partial charge in [0.2, 0.25) is 0 Å². The molecule has 0 aliphatic heterocycles. The Morgan fingerprint density at radius 3 is 2.75 bits per heavy atom. The predicted octanol–water partition coefficient (Wildman–Crippen LogP) is -0.286. The van der Waals surface area contributed by atoms with Gasteiger partial charge in [0.15, 0.2) is 11.5 Å². The number of aliphatic hydroxyl groups is 2. The summed E-state index contributed by atoms with van der Waals surface area (Å²) in [6.07, 6.45) is -0.675. The van der Waals surface area contributed by atoms with Gasteiger partial charge in [0.25, 0.3) is 0 Å². The Morgan fingerprint density at radius 2 is 2.06 bits per heavy atom. The molecule has 5 nitrogen and oxygen atoms in total. The van der Waals surface area contributed by atoms with Crippen LogP contribution in [0.5, 0.6) is 11.5 Å². The van der Waals surface area contributed by atoms with Crippen LogP contribution in [-0.2, 0) is 0 Å². The first-order chi connectivity index (χ1) is 7.74. The number of phenols is 1. The number of nitrogens with one attached hydrogen (secondary N) is 1. The van der Waals surface area contributed by atoms with E-state index in [2.05, 4.69) is 5.32 Å². The second kappa shape index (κ2) is 7.05. The standard InChI is InChI=1S/C11H17NO4/c13-6-5-12-7-9(14)8-16-11-4-2-1-3-10(11)15/h1-4,9,12-15H,5-8H2. The van der Waals surface area contributed by atoms with E-state index in [0.29, 0.717) is 18.8 Å². The monoisotopic (exact) mass is 227 g/mol. The number of phenolic OH excluding ortho intramolecular Hbond substituents is 1. The number of benzene rings is 1. The summed E-state index contributed by atoms with van der Waals surface area (Å²) < 4.78 is 5.23. The molecule has 0 spiro atoms. The zero-order chi connectivity index (χ0) is 11.8. The Labute approximate surface area is 94.3 Å². The normalized spacial score (nSPS) is 12.4. The van der Waals surface area contributed by atoms with Crippen molar-refractivity contribution >= 4 is 0 Å². The second-order valence-corrected chi connectivity index (χ2v) is 3.36. The highest BCUT2D eigenvalue weighted by Gasteiger charge is 2.06. The van der Waals surface area contributed by atoms with Crippen molar-refractivity contribution in [3.05, 3.63) is 24.3 Å². The highest BCUT2D eigenvalue weighted by molar-refractivity contribution is 5.37. The fourth-order valence-electron chi connectivity index (χ4n) is 1.17.